The minimum absolute atomic E-state index is 0.560. The summed E-state index contributed by atoms with van der Waals surface area (Å²) in [6, 6.07) is 14.3. The summed E-state index contributed by atoms with van der Waals surface area (Å²) in [5, 5.41) is 9.66. The van der Waals surface area contributed by atoms with Gasteiger partial charge in [-0.2, -0.15) is 5.10 Å². The number of methoxy groups -OCH3 is 1. The second kappa shape index (κ2) is 6.84. The second-order valence-electron chi connectivity index (χ2n) is 7.04. The van der Waals surface area contributed by atoms with Crippen LogP contribution >= 0.6 is 11.6 Å². The Hall–Kier alpha value is -3.05. The average Bonchev–Trinajstić information content (AvgIpc) is 3.44. The Balaban J connectivity index is 1.54. The fourth-order valence-electron chi connectivity index (χ4n) is 3.36. The first-order valence-corrected chi connectivity index (χ1v) is 9.62. The molecule has 0 amide bonds. The lowest BCUT2D eigenvalue weighted by atomic mass is 10.1. The fraction of sp³-hybridized carbons (Fsp3) is 0.182. The predicted octanol–water partition coefficient (Wildman–Crippen LogP) is 5.84. The van der Waals surface area contributed by atoms with Gasteiger partial charge in [-0.1, -0.05) is 11.6 Å². The predicted molar refractivity (Wildman–Crippen MR) is 113 cm³/mol. The average molecular weight is 391 g/mol. The molecule has 140 valence electrons. The first-order chi connectivity index (χ1) is 13.7. The van der Waals surface area contributed by atoms with Crippen LogP contribution in [0.4, 0.5) is 11.4 Å². The molecule has 28 heavy (non-hydrogen) atoms. The largest absolute Gasteiger partial charge is 0.497 e. The van der Waals surface area contributed by atoms with Gasteiger partial charge in [0.15, 0.2) is 0 Å². The van der Waals surface area contributed by atoms with Crippen LogP contribution in [0.1, 0.15) is 18.9 Å². The lowest BCUT2D eigenvalue weighted by molar-refractivity contribution is 0.415. The molecule has 0 unspecified atom stereocenters. The molecule has 2 heterocycles. The Morgan fingerprint density at radius 1 is 1.11 bits per heavy atom. The topological polar surface area (TPSA) is 52.0 Å². The molecule has 1 aliphatic rings. The van der Waals surface area contributed by atoms with Crippen molar-refractivity contribution in [3.05, 3.63) is 66.1 Å². The van der Waals surface area contributed by atoms with Gasteiger partial charge >= 0.3 is 0 Å². The van der Waals surface area contributed by atoms with Gasteiger partial charge in [0.25, 0.3) is 0 Å². The van der Waals surface area contributed by atoms with Crippen molar-refractivity contribution in [3.8, 4) is 16.9 Å². The third-order valence-corrected chi connectivity index (χ3v) is 5.22. The number of nitrogens with zero attached hydrogens (tertiary/aromatic N) is 3. The summed E-state index contributed by atoms with van der Waals surface area (Å²) < 4.78 is 7.58. The number of aromatic nitrogens is 3. The Bertz CT molecular complexity index is 1170. The zero-order valence-electron chi connectivity index (χ0n) is 15.4. The van der Waals surface area contributed by atoms with E-state index in [0.717, 1.165) is 39.2 Å². The molecule has 2 aromatic carbocycles. The van der Waals surface area contributed by atoms with Crippen molar-refractivity contribution < 1.29 is 4.74 Å². The van der Waals surface area contributed by atoms with Crippen LogP contribution in [0.15, 0.2) is 61.1 Å². The number of halogens is 1. The van der Waals surface area contributed by atoms with Gasteiger partial charge in [0.05, 0.1) is 24.9 Å². The molecule has 4 aromatic rings. The normalized spacial score (nSPS) is 13.6. The lowest BCUT2D eigenvalue weighted by Gasteiger charge is -2.12. The van der Waals surface area contributed by atoms with E-state index >= 15 is 0 Å². The smallest absolute Gasteiger partial charge is 0.121 e. The van der Waals surface area contributed by atoms with Crippen molar-refractivity contribution in [2.24, 2.45) is 0 Å². The highest BCUT2D eigenvalue weighted by molar-refractivity contribution is 6.31. The molecule has 0 atom stereocenters. The number of ether oxygens (including phenoxy) is 1. The molecule has 1 aliphatic carbocycles. The third-order valence-electron chi connectivity index (χ3n) is 4.98. The van der Waals surface area contributed by atoms with E-state index < -0.39 is 0 Å². The third kappa shape index (κ3) is 3.29. The van der Waals surface area contributed by atoms with Crippen LogP contribution in [0.25, 0.3) is 22.0 Å². The van der Waals surface area contributed by atoms with E-state index in [2.05, 4.69) is 32.3 Å². The van der Waals surface area contributed by atoms with Crippen LogP contribution in [-0.4, -0.2) is 21.9 Å². The molecule has 1 N–H and O–H groups in total. The van der Waals surface area contributed by atoms with E-state index in [1.807, 2.05) is 42.6 Å². The lowest BCUT2D eigenvalue weighted by Crippen LogP contribution is -1.95. The molecule has 2 aromatic heterocycles. The van der Waals surface area contributed by atoms with Crippen molar-refractivity contribution in [2.75, 3.05) is 12.4 Å². The maximum atomic E-state index is 6.19. The molecule has 6 heteroatoms. The van der Waals surface area contributed by atoms with Crippen molar-refractivity contribution in [1.29, 1.82) is 0 Å². The maximum Gasteiger partial charge on any atom is 0.121 e. The van der Waals surface area contributed by atoms with E-state index in [1.165, 1.54) is 12.8 Å². The van der Waals surface area contributed by atoms with Gasteiger partial charge in [-0.25, -0.2) is 0 Å². The molecule has 0 saturated heterocycles. The number of nitrogens with one attached hydrogen (secondary N) is 1. The Morgan fingerprint density at radius 2 is 2.00 bits per heavy atom. The van der Waals surface area contributed by atoms with Crippen molar-refractivity contribution in [2.45, 2.75) is 18.9 Å². The Kier molecular flexibility index (Phi) is 4.17. The van der Waals surface area contributed by atoms with Gasteiger partial charge < -0.3 is 10.1 Å². The quantitative estimate of drug-likeness (QED) is 0.465. The SMILES string of the molecule is COc1cc(Nc2ccnc3ccc(Cl)cc23)cc(-c2cnn(C3CC3)c2)c1. The van der Waals surface area contributed by atoms with Gasteiger partial charge in [0.2, 0.25) is 0 Å². The molecular formula is C22H19ClN4O. The number of hydrogen-bond donors (Lipinski definition) is 1. The molecule has 0 radical (unpaired) electrons. The number of rotatable bonds is 5. The molecule has 1 fully saturated rings. The van der Waals surface area contributed by atoms with Gasteiger partial charge in [-0.15, -0.1) is 0 Å². The molecule has 5 nitrogen and oxygen atoms in total. The van der Waals surface area contributed by atoms with Gasteiger partial charge in [-0.05, 0) is 54.8 Å². The van der Waals surface area contributed by atoms with Gasteiger partial charge in [0.1, 0.15) is 5.75 Å². The summed E-state index contributed by atoms with van der Waals surface area (Å²) in [5.41, 5.74) is 4.91. The molecule has 1 saturated carbocycles. The van der Waals surface area contributed by atoms with E-state index in [4.69, 9.17) is 16.3 Å². The highest BCUT2D eigenvalue weighted by atomic mass is 35.5. The fourth-order valence-corrected chi connectivity index (χ4v) is 3.54. The maximum absolute atomic E-state index is 6.19. The second-order valence-corrected chi connectivity index (χ2v) is 7.47. The van der Waals surface area contributed by atoms with Gasteiger partial charge in [0, 0.05) is 45.8 Å². The van der Waals surface area contributed by atoms with Crippen LogP contribution in [0.5, 0.6) is 5.75 Å². The minimum Gasteiger partial charge on any atom is -0.497 e. The summed E-state index contributed by atoms with van der Waals surface area (Å²) >= 11 is 6.19. The highest BCUT2D eigenvalue weighted by Gasteiger charge is 2.24. The van der Waals surface area contributed by atoms with Crippen LogP contribution in [0.3, 0.4) is 0 Å². The molecule has 0 bridgehead atoms. The standard InChI is InChI=1S/C22H19ClN4O/c1-28-19-9-14(15-12-25-27(13-15)18-3-4-18)8-17(11-19)26-22-6-7-24-21-5-2-16(23)10-20(21)22/h2,5-13,18H,3-4H2,1H3,(H,24,26). The zero-order chi connectivity index (χ0) is 19.1. The van der Waals surface area contributed by atoms with E-state index in [1.54, 1.807) is 13.3 Å². The van der Waals surface area contributed by atoms with Crippen LogP contribution in [0.2, 0.25) is 5.02 Å². The van der Waals surface area contributed by atoms with E-state index in [9.17, 15) is 0 Å². The van der Waals surface area contributed by atoms with Crippen molar-refractivity contribution >= 4 is 33.9 Å². The van der Waals surface area contributed by atoms with Crippen LogP contribution in [-0.2, 0) is 0 Å². The van der Waals surface area contributed by atoms with Crippen molar-refractivity contribution in [3.63, 3.8) is 0 Å². The first-order valence-electron chi connectivity index (χ1n) is 9.24. The number of hydrogen-bond acceptors (Lipinski definition) is 4. The molecule has 0 spiro atoms. The molecule has 0 aliphatic heterocycles. The summed E-state index contributed by atoms with van der Waals surface area (Å²) in [6.45, 7) is 0. The minimum atomic E-state index is 0.560. The van der Waals surface area contributed by atoms with Crippen LogP contribution in [0, 0.1) is 0 Å². The van der Waals surface area contributed by atoms with E-state index in [-0.39, 0.29) is 0 Å². The van der Waals surface area contributed by atoms with Gasteiger partial charge in [-0.3, -0.25) is 9.67 Å². The molecular weight excluding hydrogens is 372 g/mol. The summed E-state index contributed by atoms with van der Waals surface area (Å²) in [6.07, 6.45) is 8.24. The Labute approximate surface area is 167 Å². The first kappa shape index (κ1) is 17.1. The highest BCUT2D eigenvalue weighted by Crippen LogP contribution is 2.37. The Morgan fingerprint density at radius 3 is 2.82 bits per heavy atom. The zero-order valence-corrected chi connectivity index (χ0v) is 16.1. The molecule has 5 rings (SSSR count). The van der Waals surface area contributed by atoms with E-state index in [0.29, 0.717) is 11.1 Å². The summed E-state index contributed by atoms with van der Waals surface area (Å²) in [7, 11) is 1.68. The summed E-state index contributed by atoms with van der Waals surface area (Å²) in [4.78, 5) is 4.41. The number of benzene rings is 2. The van der Waals surface area contributed by atoms with Crippen LogP contribution < -0.4 is 10.1 Å². The summed E-state index contributed by atoms with van der Waals surface area (Å²) in [5.74, 6) is 0.788. The number of anilines is 2. The number of fused-ring (bicyclic) bond motifs is 1. The number of pyridine rings is 1. The monoisotopic (exact) mass is 390 g/mol. The van der Waals surface area contributed by atoms with Crippen molar-refractivity contribution in [1.82, 2.24) is 14.8 Å².